The lowest BCUT2D eigenvalue weighted by molar-refractivity contribution is -0.384. The molecule has 1 heterocycles. The quantitative estimate of drug-likeness (QED) is 0.613. The Kier molecular flexibility index (Phi) is 5.32. The predicted molar refractivity (Wildman–Crippen MR) is 85.1 cm³/mol. The Labute approximate surface area is 129 Å². The van der Waals surface area contributed by atoms with E-state index in [2.05, 4.69) is 12.2 Å². The lowest BCUT2D eigenvalue weighted by Gasteiger charge is -2.33. The number of nitro groups is 1. The molecule has 1 aromatic rings. The van der Waals surface area contributed by atoms with Gasteiger partial charge in [-0.05, 0) is 44.0 Å². The summed E-state index contributed by atoms with van der Waals surface area (Å²) < 4.78 is 0. The van der Waals surface area contributed by atoms with Gasteiger partial charge in [0.1, 0.15) is 5.69 Å². The van der Waals surface area contributed by atoms with Gasteiger partial charge in [0.05, 0.1) is 4.92 Å². The zero-order chi connectivity index (χ0) is 16.1. The SMILES string of the molecule is CCNCC1CCN(c2ccc(C(N)=O)cc2[N+](=O)[O-])CC1. The first-order valence-electron chi connectivity index (χ1n) is 7.56. The van der Waals surface area contributed by atoms with Gasteiger partial charge >= 0.3 is 0 Å². The normalized spacial score (nSPS) is 15.8. The number of nitrogens with two attached hydrogens (primary N) is 1. The number of rotatable bonds is 6. The summed E-state index contributed by atoms with van der Waals surface area (Å²) in [6.07, 6.45) is 2.00. The van der Waals surface area contributed by atoms with Gasteiger partial charge in [0.2, 0.25) is 5.91 Å². The molecule has 7 nitrogen and oxygen atoms in total. The summed E-state index contributed by atoms with van der Waals surface area (Å²) >= 11 is 0. The summed E-state index contributed by atoms with van der Waals surface area (Å²) in [5.41, 5.74) is 5.87. The maximum Gasteiger partial charge on any atom is 0.293 e. The highest BCUT2D eigenvalue weighted by Crippen LogP contribution is 2.32. The standard InChI is InChI=1S/C15H22N4O3/c1-2-17-10-11-5-7-18(8-6-11)13-4-3-12(15(16)20)9-14(13)19(21)22/h3-4,9,11,17H,2,5-8,10H2,1H3,(H2,16,20). The predicted octanol–water partition coefficient (Wildman–Crippen LogP) is 1.52. The highest BCUT2D eigenvalue weighted by atomic mass is 16.6. The van der Waals surface area contributed by atoms with Crippen molar-refractivity contribution in [2.45, 2.75) is 19.8 Å². The molecule has 0 aromatic heterocycles. The number of hydrogen-bond acceptors (Lipinski definition) is 5. The summed E-state index contributed by atoms with van der Waals surface area (Å²) in [7, 11) is 0. The van der Waals surface area contributed by atoms with Gasteiger partial charge in [0.15, 0.2) is 0 Å². The van der Waals surface area contributed by atoms with Crippen LogP contribution >= 0.6 is 0 Å². The van der Waals surface area contributed by atoms with Crippen molar-refractivity contribution in [2.24, 2.45) is 11.7 Å². The fourth-order valence-corrected chi connectivity index (χ4v) is 2.82. The molecule has 120 valence electrons. The van der Waals surface area contributed by atoms with Crippen molar-refractivity contribution in [3.8, 4) is 0 Å². The minimum absolute atomic E-state index is 0.0542. The molecule has 0 spiro atoms. The Bertz CT molecular complexity index is 554. The summed E-state index contributed by atoms with van der Waals surface area (Å²) in [6, 6.07) is 4.45. The number of piperidine rings is 1. The van der Waals surface area contributed by atoms with Crippen LogP contribution in [0.3, 0.4) is 0 Å². The highest BCUT2D eigenvalue weighted by Gasteiger charge is 2.25. The third-order valence-corrected chi connectivity index (χ3v) is 4.09. The van der Waals surface area contributed by atoms with Crippen LogP contribution in [-0.2, 0) is 0 Å². The van der Waals surface area contributed by atoms with Gasteiger partial charge in [-0.2, -0.15) is 0 Å². The van der Waals surface area contributed by atoms with E-state index in [9.17, 15) is 14.9 Å². The van der Waals surface area contributed by atoms with Gasteiger partial charge in [-0.25, -0.2) is 0 Å². The number of amides is 1. The Balaban J connectivity index is 2.12. The average molecular weight is 306 g/mol. The third-order valence-electron chi connectivity index (χ3n) is 4.09. The van der Waals surface area contributed by atoms with Crippen molar-refractivity contribution in [3.05, 3.63) is 33.9 Å². The van der Waals surface area contributed by atoms with Gasteiger partial charge in [0.25, 0.3) is 5.69 Å². The van der Waals surface area contributed by atoms with Crippen LogP contribution in [-0.4, -0.2) is 37.0 Å². The van der Waals surface area contributed by atoms with E-state index in [-0.39, 0.29) is 11.3 Å². The van der Waals surface area contributed by atoms with Crippen molar-refractivity contribution >= 4 is 17.3 Å². The molecule has 0 bridgehead atoms. The van der Waals surface area contributed by atoms with E-state index >= 15 is 0 Å². The van der Waals surface area contributed by atoms with Crippen molar-refractivity contribution in [1.29, 1.82) is 0 Å². The number of primary amides is 1. The molecule has 0 aliphatic carbocycles. The number of carbonyl (C=O) groups is 1. The number of anilines is 1. The average Bonchev–Trinajstić information content (AvgIpc) is 2.52. The molecule has 1 amide bonds. The number of nitrogens with one attached hydrogen (secondary N) is 1. The van der Waals surface area contributed by atoms with Crippen molar-refractivity contribution in [2.75, 3.05) is 31.1 Å². The number of nitro benzene ring substituents is 1. The van der Waals surface area contributed by atoms with Crippen LogP contribution in [0.25, 0.3) is 0 Å². The van der Waals surface area contributed by atoms with Crippen LogP contribution < -0.4 is 16.0 Å². The number of benzene rings is 1. The Morgan fingerprint density at radius 2 is 2.14 bits per heavy atom. The monoisotopic (exact) mass is 306 g/mol. The maximum atomic E-state index is 11.3. The van der Waals surface area contributed by atoms with E-state index in [1.807, 2.05) is 4.90 Å². The minimum Gasteiger partial charge on any atom is -0.366 e. The van der Waals surface area contributed by atoms with E-state index in [0.717, 1.165) is 39.0 Å². The zero-order valence-corrected chi connectivity index (χ0v) is 12.7. The molecule has 1 aromatic carbocycles. The van der Waals surface area contributed by atoms with Gasteiger partial charge in [-0.15, -0.1) is 0 Å². The van der Waals surface area contributed by atoms with Crippen LogP contribution in [0.15, 0.2) is 18.2 Å². The second-order valence-corrected chi connectivity index (χ2v) is 5.56. The Morgan fingerprint density at radius 1 is 1.45 bits per heavy atom. The smallest absolute Gasteiger partial charge is 0.293 e. The van der Waals surface area contributed by atoms with Crippen LogP contribution in [0.2, 0.25) is 0 Å². The molecule has 1 saturated heterocycles. The van der Waals surface area contributed by atoms with Gasteiger partial charge in [0, 0.05) is 24.7 Å². The molecule has 0 unspecified atom stereocenters. The van der Waals surface area contributed by atoms with Gasteiger partial charge < -0.3 is 16.0 Å². The zero-order valence-electron chi connectivity index (χ0n) is 12.7. The topological polar surface area (TPSA) is 102 Å². The molecule has 1 aliphatic rings. The molecule has 0 radical (unpaired) electrons. The molecule has 1 fully saturated rings. The second kappa shape index (κ2) is 7.22. The summed E-state index contributed by atoms with van der Waals surface area (Å²) in [5, 5.41) is 14.6. The largest absolute Gasteiger partial charge is 0.366 e. The lowest BCUT2D eigenvalue weighted by atomic mass is 9.96. The fraction of sp³-hybridized carbons (Fsp3) is 0.533. The Hall–Kier alpha value is -2.15. The molecule has 0 saturated carbocycles. The van der Waals surface area contributed by atoms with E-state index < -0.39 is 10.8 Å². The molecule has 3 N–H and O–H groups in total. The Morgan fingerprint density at radius 3 is 2.68 bits per heavy atom. The molecule has 2 rings (SSSR count). The lowest BCUT2D eigenvalue weighted by Crippen LogP contribution is -2.37. The molecular formula is C15H22N4O3. The molecule has 0 atom stereocenters. The van der Waals surface area contributed by atoms with E-state index in [0.29, 0.717) is 11.6 Å². The minimum atomic E-state index is -0.654. The van der Waals surface area contributed by atoms with E-state index in [1.54, 1.807) is 12.1 Å². The van der Waals surface area contributed by atoms with Crippen LogP contribution in [0.4, 0.5) is 11.4 Å². The number of carbonyl (C=O) groups excluding carboxylic acids is 1. The number of hydrogen-bond donors (Lipinski definition) is 2. The fourth-order valence-electron chi connectivity index (χ4n) is 2.82. The molecule has 1 aliphatic heterocycles. The number of nitrogens with zero attached hydrogens (tertiary/aromatic N) is 2. The second-order valence-electron chi connectivity index (χ2n) is 5.56. The highest BCUT2D eigenvalue weighted by molar-refractivity contribution is 5.94. The molecular weight excluding hydrogens is 284 g/mol. The first-order chi connectivity index (χ1) is 10.5. The third kappa shape index (κ3) is 3.73. The van der Waals surface area contributed by atoms with Crippen molar-refractivity contribution in [3.63, 3.8) is 0 Å². The molecule has 7 heteroatoms. The first-order valence-corrected chi connectivity index (χ1v) is 7.56. The summed E-state index contributed by atoms with van der Waals surface area (Å²) in [6.45, 7) is 5.60. The van der Waals surface area contributed by atoms with Crippen LogP contribution in [0.1, 0.15) is 30.1 Å². The van der Waals surface area contributed by atoms with E-state index in [1.165, 1.54) is 6.07 Å². The summed E-state index contributed by atoms with van der Waals surface area (Å²) in [5.74, 6) is -0.0425. The van der Waals surface area contributed by atoms with Gasteiger partial charge in [-0.3, -0.25) is 14.9 Å². The summed E-state index contributed by atoms with van der Waals surface area (Å²) in [4.78, 5) is 24.0. The van der Waals surface area contributed by atoms with Crippen molar-refractivity contribution in [1.82, 2.24) is 5.32 Å². The van der Waals surface area contributed by atoms with Crippen LogP contribution in [0.5, 0.6) is 0 Å². The maximum absolute atomic E-state index is 11.3. The van der Waals surface area contributed by atoms with E-state index in [4.69, 9.17) is 5.73 Å². The van der Waals surface area contributed by atoms with Gasteiger partial charge in [-0.1, -0.05) is 6.92 Å². The molecule has 22 heavy (non-hydrogen) atoms. The van der Waals surface area contributed by atoms with Crippen molar-refractivity contribution < 1.29 is 9.72 Å². The van der Waals surface area contributed by atoms with Crippen LogP contribution in [0, 0.1) is 16.0 Å². The first kappa shape index (κ1) is 16.2.